The van der Waals surface area contributed by atoms with Crippen LogP contribution < -0.4 is 5.32 Å². The Labute approximate surface area is 102 Å². The molecule has 1 aromatic carbocycles. The van der Waals surface area contributed by atoms with Crippen molar-refractivity contribution < 1.29 is 4.42 Å². The maximum Gasteiger partial charge on any atom is 0.198 e. The minimum Gasteiger partial charge on any atom is -0.440 e. The standard InChI is InChI=1S/C14H20N2O/c1-4-11(5-2)14-16-12-8-10(9-15-3)6-7-13(12)17-14/h6-8,11,15H,4-5,9H2,1-3H3. The summed E-state index contributed by atoms with van der Waals surface area (Å²) >= 11 is 0. The van der Waals surface area contributed by atoms with Crippen molar-refractivity contribution >= 4 is 11.1 Å². The molecule has 0 aliphatic rings. The lowest BCUT2D eigenvalue weighted by Crippen LogP contribution is -2.04. The summed E-state index contributed by atoms with van der Waals surface area (Å²) in [4.78, 5) is 4.60. The Morgan fingerprint density at radius 3 is 2.71 bits per heavy atom. The van der Waals surface area contributed by atoms with Gasteiger partial charge in [-0.2, -0.15) is 0 Å². The lowest BCUT2D eigenvalue weighted by Gasteiger charge is -2.05. The summed E-state index contributed by atoms with van der Waals surface area (Å²) in [5, 5.41) is 3.14. The van der Waals surface area contributed by atoms with Gasteiger partial charge in [-0.05, 0) is 37.6 Å². The molecular weight excluding hydrogens is 212 g/mol. The minimum atomic E-state index is 0.440. The summed E-state index contributed by atoms with van der Waals surface area (Å²) in [6.45, 7) is 5.22. The van der Waals surface area contributed by atoms with Crippen LogP contribution in [0.4, 0.5) is 0 Å². The van der Waals surface area contributed by atoms with Crippen molar-refractivity contribution in [2.45, 2.75) is 39.2 Å². The van der Waals surface area contributed by atoms with Crippen molar-refractivity contribution in [1.29, 1.82) is 0 Å². The Hall–Kier alpha value is -1.35. The van der Waals surface area contributed by atoms with Crippen molar-refractivity contribution in [2.75, 3.05) is 7.05 Å². The number of rotatable bonds is 5. The van der Waals surface area contributed by atoms with Gasteiger partial charge < -0.3 is 9.73 Å². The van der Waals surface area contributed by atoms with Crippen molar-refractivity contribution in [1.82, 2.24) is 10.3 Å². The van der Waals surface area contributed by atoms with Gasteiger partial charge in [-0.3, -0.25) is 0 Å². The van der Waals surface area contributed by atoms with Gasteiger partial charge >= 0.3 is 0 Å². The van der Waals surface area contributed by atoms with Gasteiger partial charge in [0.1, 0.15) is 5.52 Å². The van der Waals surface area contributed by atoms with Gasteiger partial charge in [-0.25, -0.2) is 4.98 Å². The van der Waals surface area contributed by atoms with Crippen LogP contribution in [0, 0.1) is 0 Å². The second-order valence-corrected chi connectivity index (χ2v) is 4.40. The topological polar surface area (TPSA) is 38.1 Å². The van der Waals surface area contributed by atoms with Crippen LogP contribution in [0.1, 0.15) is 44.1 Å². The molecule has 2 rings (SSSR count). The average molecular weight is 232 g/mol. The van der Waals surface area contributed by atoms with Gasteiger partial charge in [-0.15, -0.1) is 0 Å². The zero-order valence-corrected chi connectivity index (χ0v) is 10.8. The zero-order chi connectivity index (χ0) is 12.3. The SMILES string of the molecule is CCC(CC)c1nc2cc(CNC)ccc2o1. The van der Waals surface area contributed by atoms with Crippen LogP contribution in [0.25, 0.3) is 11.1 Å². The van der Waals surface area contributed by atoms with Crippen LogP contribution in [-0.4, -0.2) is 12.0 Å². The molecule has 0 amide bonds. The average Bonchev–Trinajstić information content (AvgIpc) is 2.74. The number of hydrogen-bond donors (Lipinski definition) is 1. The first-order valence-corrected chi connectivity index (χ1v) is 6.32. The van der Waals surface area contributed by atoms with E-state index < -0.39 is 0 Å². The normalized spacial score (nSPS) is 11.5. The summed E-state index contributed by atoms with van der Waals surface area (Å²) < 4.78 is 5.81. The summed E-state index contributed by atoms with van der Waals surface area (Å²) in [7, 11) is 1.95. The first-order valence-electron chi connectivity index (χ1n) is 6.32. The quantitative estimate of drug-likeness (QED) is 0.858. The minimum absolute atomic E-state index is 0.440. The molecule has 0 fully saturated rings. The van der Waals surface area contributed by atoms with E-state index in [1.165, 1.54) is 5.56 Å². The Balaban J connectivity index is 2.36. The van der Waals surface area contributed by atoms with Gasteiger partial charge in [0.15, 0.2) is 11.5 Å². The van der Waals surface area contributed by atoms with Crippen LogP contribution in [0.5, 0.6) is 0 Å². The number of benzene rings is 1. The van der Waals surface area contributed by atoms with Crippen LogP contribution in [-0.2, 0) is 6.54 Å². The number of nitrogens with one attached hydrogen (secondary N) is 1. The van der Waals surface area contributed by atoms with E-state index in [-0.39, 0.29) is 0 Å². The molecule has 1 N–H and O–H groups in total. The molecule has 1 heterocycles. The zero-order valence-electron chi connectivity index (χ0n) is 10.8. The Morgan fingerprint density at radius 1 is 1.29 bits per heavy atom. The highest BCUT2D eigenvalue weighted by Crippen LogP contribution is 2.26. The molecule has 92 valence electrons. The summed E-state index contributed by atoms with van der Waals surface area (Å²) in [5.41, 5.74) is 3.11. The Bertz CT molecular complexity index is 486. The van der Waals surface area contributed by atoms with E-state index in [9.17, 15) is 0 Å². The van der Waals surface area contributed by atoms with Gasteiger partial charge in [0.25, 0.3) is 0 Å². The molecule has 0 bridgehead atoms. The lowest BCUT2D eigenvalue weighted by atomic mass is 10.0. The Kier molecular flexibility index (Phi) is 3.79. The molecular formula is C14H20N2O. The van der Waals surface area contributed by atoms with Crippen molar-refractivity contribution in [3.63, 3.8) is 0 Å². The maximum atomic E-state index is 5.81. The van der Waals surface area contributed by atoms with Gasteiger partial charge in [0.2, 0.25) is 0 Å². The summed E-state index contributed by atoms with van der Waals surface area (Å²) in [5.74, 6) is 1.32. The highest BCUT2D eigenvalue weighted by Gasteiger charge is 2.14. The van der Waals surface area contributed by atoms with Gasteiger partial charge in [-0.1, -0.05) is 19.9 Å². The van der Waals surface area contributed by atoms with E-state index in [2.05, 4.69) is 36.3 Å². The molecule has 2 aromatic rings. The fourth-order valence-corrected chi connectivity index (χ4v) is 2.12. The van der Waals surface area contributed by atoms with Crippen LogP contribution in [0.2, 0.25) is 0 Å². The molecule has 0 saturated heterocycles. The first-order chi connectivity index (χ1) is 8.28. The monoisotopic (exact) mass is 232 g/mol. The van der Waals surface area contributed by atoms with Crippen LogP contribution in [0.3, 0.4) is 0 Å². The fraction of sp³-hybridized carbons (Fsp3) is 0.500. The molecule has 0 aliphatic carbocycles. The van der Waals surface area contributed by atoms with Crippen molar-refractivity contribution in [2.24, 2.45) is 0 Å². The highest BCUT2D eigenvalue weighted by atomic mass is 16.3. The Morgan fingerprint density at radius 2 is 2.06 bits per heavy atom. The summed E-state index contributed by atoms with van der Waals surface area (Å²) in [6.07, 6.45) is 2.15. The molecule has 3 nitrogen and oxygen atoms in total. The molecule has 0 radical (unpaired) electrons. The predicted molar refractivity (Wildman–Crippen MR) is 70.1 cm³/mol. The molecule has 0 spiro atoms. The third-order valence-electron chi connectivity index (χ3n) is 3.18. The lowest BCUT2D eigenvalue weighted by molar-refractivity contribution is 0.453. The van der Waals surface area contributed by atoms with E-state index in [1.54, 1.807) is 0 Å². The third kappa shape index (κ3) is 2.50. The second-order valence-electron chi connectivity index (χ2n) is 4.40. The molecule has 0 aliphatic heterocycles. The highest BCUT2D eigenvalue weighted by molar-refractivity contribution is 5.73. The smallest absolute Gasteiger partial charge is 0.198 e. The van der Waals surface area contributed by atoms with E-state index in [0.29, 0.717) is 5.92 Å². The van der Waals surface area contributed by atoms with Gasteiger partial charge in [0, 0.05) is 12.5 Å². The van der Waals surface area contributed by atoms with E-state index in [1.807, 2.05) is 13.1 Å². The van der Waals surface area contributed by atoms with E-state index in [0.717, 1.165) is 36.4 Å². The number of nitrogens with zero attached hydrogens (tertiary/aromatic N) is 1. The molecule has 1 aromatic heterocycles. The van der Waals surface area contributed by atoms with E-state index >= 15 is 0 Å². The van der Waals surface area contributed by atoms with Gasteiger partial charge in [0.05, 0.1) is 0 Å². The molecule has 0 atom stereocenters. The largest absolute Gasteiger partial charge is 0.440 e. The number of aromatic nitrogens is 1. The van der Waals surface area contributed by atoms with Crippen LogP contribution in [0.15, 0.2) is 22.6 Å². The summed E-state index contributed by atoms with van der Waals surface area (Å²) in [6, 6.07) is 6.20. The maximum absolute atomic E-state index is 5.81. The van der Waals surface area contributed by atoms with Crippen LogP contribution >= 0.6 is 0 Å². The van der Waals surface area contributed by atoms with Crippen molar-refractivity contribution in [3.8, 4) is 0 Å². The first kappa shape index (κ1) is 12.1. The molecule has 3 heteroatoms. The molecule has 0 unspecified atom stereocenters. The number of hydrogen-bond acceptors (Lipinski definition) is 3. The molecule has 0 saturated carbocycles. The number of fused-ring (bicyclic) bond motifs is 1. The fourth-order valence-electron chi connectivity index (χ4n) is 2.12. The van der Waals surface area contributed by atoms with E-state index in [4.69, 9.17) is 4.42 Å². The van der Waals surface area contributed by atoms with Crippen molar-refractivity contribution in [3.05, 3.63) is 29.7 Å². The molecule has 17 heavy (non-hydrogen) atoms. The predicted octanol–water partition coefficient (Wildman–Crippen LogP) is 3.45. The number of oxazole rings is 1. The third-order valence-corrected chi connectivity index (χ3v) is 3.18. The second kappa shape index (κ2) is 5.32.